The number of nitrogens with one attached hydrogen (secondary N) is 1. The molecule has 3 heterocycles. The Hall–Kier alpha value is -2.91. The number of sulfonamides is 1. The van der Waals surface area contributed by atoms with Gasteiger partial charge in [0.1, 0.15) is 0 Å². The molecular formula is C24H28N4O4S. The fourth-order valence-electron chi connectivity index (χ4n) is 4.76. The van der Waals surface area contributed by atoms with Crippen LogP contribution in [0.5, 0.6) is 0 Å². The first-order chi connectivity index (χ1) is 16.0. The molecule has 33 heavy (non-hydrogen) atoms. The van der Waals surface area contributed by atoms with Crippen molar-refractivity contribution in [2.75, 3.05) is 42.9 Å². The number of nitrogens with zero attached hydrogens (tertiary/aromatic N) is 3. The fourth-order valence-corrected chi connectivity index (χ4v) is 6.39. The van der Waals surface area contributed by atoms with E-state index in [1.807, 2.05) is 23.2 Å². The Labute approximate surface area is 193 Å². The average molecular weight is 469 g/mol. The third-order valence-corrected chi connectivity index (χ3v) is 8.31. The van der Waals surface area contributed by atoms with Gasteiger partial charge in [0, 0.05) is 36.5 Å². The monoisotopic (exact) mass is 468 g/mol. The minimum Gasteiger partial charge on any atom is -0.379 e. The topological polar surface area (TPSA) is 95.6 Å². The normalized spacial score (nSPS) is 21.2. The summed E-state index contributed by atoms with van der Waals surface area (Å²) in [5.74, 6) is 0.214. The summed E-state index contributed by atoms with van der Waals surface area (Å²) >= 11 is 0. The molecular weight excluding hydrogens is 440 g/mol. The molecule has 2 aliphatic heterocycles. The van der Waals surface area contributed by atoms with Crippen LogP contribution in [-0.4, -0.2) is 68.0 Å². The van der Waals surface area contributed by atoms with Crippen LogP contribution in [0.15, 0.2) is 48.7 Å². The molecule has 2 aliphatic rings. The molecule has 0 radical (unpaired) electrons. The Morgan fingerprint density at radius 1 is 1.15 bits per heavy atom. The average Bonchev–Trinajstić information content (AvgIpc) is 3.18. The van der Waals surface area contributed by atoms with E-state index in [0.29, 0.717) is 50.5 Å². The van der Waals surface area contributed by atoms with E-state index in [4.69, 9.17) is 4.74 Å². The van der Waals surface area contributed by atoms with Crippen molar-refractivity contribution in [3.8, 4) is 0 Å². The summed E-state index contributed by atoms with van der Waals surface area (Å²) < 4.78 is 32.3. The number of hydrogen-bond donors (Lipinski definition) is 1. The SMILES string of the molecule is O=C(c1cccc(N2CCCCS2(=O)=O)c1)N1CCOCC(Cc2cccc3[nH]ncc23)C1. The lowest BCUT2D eigenvalue weighted by molar-refractivity contribution is 0.0737. The number of ether oxygens (including phenoxy) is 1. The highest BCUT2D eigenvalue weighted by Crippen LogP contribution is 2.26. The van der Waals surface area contributed by atoms with E-state index in [0.717, 1.165) is 23.7 Å². The Morgan fingerprint density at radius 3 is 2.91 bits per heavy atom. The number of amides is 1. The summed E-state index contributed by atoms with van der Waals surface area (Å²) in [5.41, 5.74) is 3.25. The number of benzene rings is 2. The van der Waals surface area contributed by atoms with Gasteiger partial charge in [0.15, 0.2) is 0 Å². The second kappa shape index (κ2) is 9.15. The molecule has 2 aromatic carbocycles. The van der Waals surface area contributed by atoms with Crippen molar-refractivity contribution in [3.63, 3.8) is 0 Å². The molecule has 2 saturated heterocycles. The first kappa shape index (κ1) is 21.9. The third kappa shape index (κ3) is 4.60. The molecule has 1 unspecified atom stereocenters. The van der Waals surface area contributed by atoms with Gasteiger partial charge in [0.25, 0.3) is 5.91 Å². The molecule has 8 nitrogen and oxygen atoms in total. The number of carbonyl (C=O) groups excluding carboxylic acids is 1. The zero-order valence-corrected chi connectivity index (χ0v) is 19.3. The van der Waals surface area contributed by atoms with Crippen LogP contribution in [0.25, 0.3) is 10.9 Å². The molecule has 9 heteroatoms. The van der Waals surface area contributed by atoms with Crippen LogP contribution in [0.4, 0.5) is 5.69 Å². The van der Waals surface area contributed by atoms with Crippen molar-refractivity contribution in [1.82, 2.24) is 15.1 Å². The highest BCUT2D eigenvalue weighted by atomic mass is 32.2. The van der Waals surface area contributed by atoms with E-state index in [9.17, 15) is 13.2 Å². The lowest BCUT2D eigenvalue weighted by Crippen LogP contribution is -2.38. The Morgan fingerprint density at radius 2 is 2.03 bits per heavy atom. The van der Waals surface area contributed by atoms with E-state index in [-0.39, 0.29) is 17.6 Å². The molecule has 0 bridgehead atoms. The number of fused-ring (bicyclic) bond motifs is 1. The lowest BCUT2D eigenvalue weighted by atomic mass is 9.97. The zero-order valence-electron chi connectivity index (χ0n) is 18.4. The molecule has 3 aromatic rings. The van der Waals surface area contributed by atoms with E-state index in [2.05, 4.69) is 16.3 Å². The van der Waals surface area contributed by atoms with Gasteiger partial charge in [-0.3, -0.25) is 14.2 Å². The molecule has 0 spiro atoms. The fraction of sp³-hybridized carbons (Fsp3) is 0.417. The summed E-state index contributed by atoms with van der Waals surface area (Å²) in [6.07, 6.45) is 4.13. The van der Waals surface area contributed by atoms with Crippen molar-refractivity contribution in [2.24, 2.45) is 5.92 Å². The highest BCUT2D eigenvalue weighted by molar-refractivity contribution is 7.92. The lowest BCUT2D eigenvalue weighted by Gasteiger charge is -2.29. The highest BCUT2D eigenvalue weighted by Gasteiger charge is 2.28. The molecule has 5 rings (SSSR count). The minimum absolute atomic E-state index is 0.0942. The van der Waals surface area contributed by atoms with Gasteiger partial charge in [0.2, 0.25) is 10.0 Å². The second-order valence-corrected chi connectivity index (χ2v) is 10.8. The van der Waals surface area contributed by atoms with Gasteiger partial charge in [-0.25, -0.2) is 8.42 Å². The standard InChI is InChI=1S/C24H28N4O4S/c29-24(20-6-3-7-21(14-20)28-9-1-2-12-33(28,30)31)27-10-11-32-17-18(16-27)13-19-5-4-8-23-22(19)15-25-26-23/h3-8,14-15,18H,1-2,9-13,16-17H2,(H,25,26). The second-order valence-electron chi connectivity index (χ2n) is 8.79. The maximum atomic E-state index is 13.4. The Balaban J connectivity index is 1.34. The number of aromatic amines is 1. The van der Waals surface area contributed by atoms with Crippen LogP contribution in [0.3, 0.4) is 0 Å². The van der Waals surface area contributed by atoms with Crippen LogP contribution in [0, 0.1) is 5.92 Å². The predicted molar refractivity (Wildman–Crippen MR) is 127 cm³/mol. The molecule has 1 amide bonds. The smallest absolute Gasteiger partial charge is 0.254 e. The first-order valence-corrected chi connectivity index (χ1v) is 13.0. The number of rotatable bonds is 4. The largest absolute Gasteiger partial charge is 0.379 e. The van der Waals surface area contributed by atoms with Crippen molar-refractivity contribution in [3.05, 3.63) is 59.8 Å². The van der Waals surface area contributed by atoms with Crippen molar-refractivity contribution >= 4 is 32.5 Å². The number of carbonyl (C=O) groups is 1. The summed E-state index contributed by atoms with van der Waals surface area (Å²) in [5, 5.41) is 8.24. The van der Waals surface area contributed by atoms with E-state index in [1.54, 1.807) is 24.3 Å². The maximum Gasteiger partial charge on any atom is 0.254 e. The molecule has 174 valence electrons. The predicted octanol–water partition coefficient (Wildman–Crippen LogP) is 2.82. The number of hydrogen-bond acceptors (Lipinski definition) is 5. The minimum atomic E-state index is -3.33. The number of anilines is 1. The van der Waals surface area contributed by atoms with Crippen LogP contribution >= 0.6 is 0 Å². The summed E-state index contributed by atoms with van der Waals surface area (Å²) in [4.78, 5) is 15.2. The molecule has 2 fully saturated rings. The molecule has 0 saturated carbocycles. The van der Waals surface area contributed by atoms with Crippen LogP contribution < -0.4 is 4.31 Å². The molecule has 1 atom stereocenters. The Kier molecular flexibility index (Phi) is 6.07. The molecule has 1 N–H and O–H groups in total. The first-order valence-electron chi connectivity index (χ1n) is 11.4. The van der Waals surface area contributed by atoms with Gasteiger partial charge in [0.05, 0.1) is 36.4 Å². The van der Waals surface area contributed by atoms with Crippen LogP contribution in [-0.2, 0) is 21.2 Å². The van der Waals surface area contributed by atoms with Gasteiger partial charge in [-0.2, -0.15) is 5.10 Å². The molecule has 1 aromatic heterocycles. The van der Waals surface area contributed by atoms with Crippen molar-refractivity contribution < 1.29 is 17.9 Å². The quantitative estimate of drug-likeness (QED) is 0.635. The van der Waals surface area contributed by atoms with Crippen molar-refractivity contribution in [2.45, 2.75) is 19.3 Å². The van der Waals surface area contributed by atoms with Gasteiger partial charge < -0.3 is 9.64 Å². The van der Waals surface area contributed by atoms with Crippen molar-refractivity contribution in [1.29, 1.82) is 0 Å². The number of aromatic nitrogens is 2. The number of H-pyrrole nitrogens is 1. The van der Waals surface area contributed by atoms with E-state index >= 15 is 0 Å². The van der Waals surface area contributed by atoms with Crippen LogP contribution in [0.1, 0.15) is 28.8 Å². The van der Waals surface area contributed by atoms with E-state index in [1.165, 1.54) is 9.87 Å². The van der Waals surface area contributed by atoms with Gasteiger partial charge in [-0.05, 0) is 49.1 Å². The summed E-state index contributed by atoms with van der Waals surface area (Å²) in [6, 6.07) is 13.1. The third-order valence-electron chi connectivity index (χ3n) is 6.44. The van der Waals surface area contributed by atoms with Gasteiger partial charge in [-0.1, -0.05) is 18.2 Å². The summed E-state index contributed by atoms with van der Waals surface area (Å²) in [7, 11) is -3.33. The van der Waals surface area contributed by atoms with E-state index < -0.39 is 10.0 Å². The van der Waals surface area contributed by atoms with Crippen LogP contribution in [0.2, 0.25) is 0 Å². The zero-order chi connectivity index (χ0) is 22.8. The van der Waals surface area contributed by atoms with Gasteiger partial charge >= 0.3 is 0 Å². The Bertz CT molecular complexity index is 1260. The van der Waals surface area contributed by atoms with Gasteiger partial charge in [-0.15, -0.1) is 0 Å². The maximum absolute atomic E-state index is 13.4. The summed E-state index contributed by atoms with van der Waals surface area (Å²) in [6.45, 7) is 2.62. The molecule has 0 aliphatic carbocycles.